The number of rotatable bonds is 2. The van der Waals surface area contributed by atoms with E-state index in [4.69, 9.17) is 5.41 Å². The topological polar surface area (TPSA) is 59.0 Å². The van der Waals surface area contributed by atoms with Crippen LogP contribution in [0.5, 0.6) is 0 Å². The van der Waals surface area contributed by atoms with Gasteiger partial charge in [-0.05, 0) is 30.7 Å². The molecular formula is C18H17N5. The highest BCUT2D eigenvalue weighted by molar-refractivity contribution is 6.13. The average Bonchev–Trinajstić information content (AvgIpc) is 3.07. The van der Waals surface area contributed by atoms with E-state index in [1.165, 1.54) is 5.56 Å². The largest absolute Gasteiger partial charge is 0.308 e. The van der Waals surface area contributed by atoms with E-state index in [2.05, 4.69) is 34.2 Å². The minimum atomic E-state index is 0.463. The molecule has 23 heavy (non-hydrogen) atoms. The molecule has 0 radical (unpaired) electrons. The van der Waals surface area contributed by atoms with Gasteiger partial charge in [-0.3, -0.25) is 10.5 Å². The Bertz CT molecular complexity index is 853. The van der Waals surface area contributed by atoms with Gasteiger partial charge in [-0.1, -0.05) is 36.4 Å². The first-order valence-corrected chi connectivity index (χ1v) is 7.54. The van der Waals surface area contributed by atoms with Crippen LogP contribution in [0.4, 0.5) is 17.2 Å². The molecule has 0 unspecified atom stereocenters. The molecule has 0 fully saturated rings. The smallest absolute Gasteiger partial charge is 0.141 e. The van der Waals surface area contributed by atoms with E-state index >= 15 is 0 Å². The summed E-state index contributed by atoms with van der Waals surface area (Å²) >= 11 is 0. The zero-order valence-corrected chi connectivity index (χ0v) is 12.8. The summed E-state index contributed by atoms with van der Waals surface area (Å²) < 4.78 is 0. The van der Waals surface area contributed by atoms with Crippen LogP contribution in [0.15, 0.2) is 60.8 Å². The number of H-pyrrole nitrogens is 1. The van der Waals surface area contributed by atoms with Crippen molar-refractivity contribution in [2.24, 2.45) is 0 Å². The van der Waals surface area contributed by atoms with Crippen molar-refractivity contribution < 1.29 is 0 Å². The van der Waals surface area contributed by atoms with E-state index in [0.717, 1.165) is 22.8 Å². The molecule has 0 saturated carbocycles. The normalized spacial score (nSPS) is 14.0. The molecule has 1 aliphatic rings. The number of nitrogens with one attached hydrogen (secondary N) is 2. The van der Waals surface area contributed by atoms with Crippen molar-refractivity contribution >= 4 is 23.0 Å². The Labute approximate surface area is 134 Å². The molecule has 0 bridgehead atoms. The molecule has 0 spiro atoms. The first-order valence-electron chi connectivity index (χ1n) is 7.54. The lowest BCUT2D eigenvalue weighted by atomic mass is 10.1. The molecule has 4 rings (SSSR count). The monoisotopic (exact) mass is 303 g/mol. The van der Waals surface area contributed by atoms with Crippen LogP contribution in [-0.2, 0) is 0 Å². The van der Waals surface area contributed by atoms with Crippen LogP contribution in [-0.4, -0.2) is 22.7 Å². The van der Waals surface area contributed by atoms with Crippen molar-refractivity contribution in [2.45, 2.75) is 6.92 Å². The molecular weight excluding hydrogens is 286 g/mol. The van der Waals surface area contributed by atoms with Crippen molar-refractivity contribution in [1.29, 1.82) is 5.41 Å². The van der Waals surface area contributed by atoms with Gasteiger partial charge in [0.15, 0.2) is 0 Å². The van der Waals surface area contributed by atoms with E-state index in [0.29, 0.717) is 12.5 Å². The molecule has 3 aromatic rings. The van der Waals surface area contributed by atoms with Crippen molar-refractivity contribution in [3.05, 3.63) is 71.9 Å². The highest BCUT2D eigenvalue weighted by atomic mass is 15.4. The summed E-state index contributed by atoms with van der Waals surface area (Å²) in [5.74, 6) is 1.33. The number of para-hydroxylation sites is 2. The van der Waals surface area contributed by atoms with E-state index in [-0.39, 0.29) is 0 Å². The Morgan fingerprint density at radius 2 is 1.74 bits per heavy atom. The Hall–Kier alpha value is -3.08. The first-order chi connectivity index (χ1) is 11.3. The van der Waals surface area contributed by atoms with Gasteiger partial charge in [0.05, 0.1) is 11.8 Å². The fraction of sp³-hybridized carbons (Fsp3) is 0.111. The zero-order chi connectivity index (χ0) is 15.8. The Kier molecular flexibility index (Phi) is 3.12. The lowest BCUT2D eigenvalue weighted by Gasteiger charge is -2.38. The highest BCUT2D eigenvalue weighted by Gasteiger charge is 2.30. The van der Waals surface area contributed by atoms with Gasteiger partial charge < -0.3 is 9.80 Å². The summed E-state index contributed by atoms with van der Waals surface area (Å²) in [6.07, 6.45) is 1.72. The van der Waals surface area contributed by atoms with Crippen LogP contribution in [0.1, 0.15) is 11.1 Å². The van der Waals surface area contributed by atoms with Crippen molar-refractivity contribution in [3.8, 4) is 0 Å². The van der Waals surface area contributed by atoms with Gasteiger partial charge >= 0.3 is 0 Å². The number of amidine groups is 1. The molecule has 2 N–H and O–H groups in total. The SMILES string of the molecule is Cc1ccccc1N1CN(c2ccccc2)C(=N)c2cn[nH]c21. The second-order valence-electron chi connectivity index (χ2n) is 5.60. The van der Waals surface area contributed by atoms with Crippen LogP contribution < -0.4 is 9.80 Å². The predicted molar refractivity (Wildman–Crippen MR) is 92.5 cm³/mol. The zero-order valence-electron chi connectivity index (χ0n) is 12.8. The van der Waals surface area contributed by atoms with Crippen LogP contribution in [0, 0.1) is 12.3 Å². The average molecular weight is 303 g/mol. The maximum absolute atomic E-state index is 8.53. The highest BCUT2D eigenvalue weighted by Crippen LogP contribution is 2.35. The molecule has 0 aliphatic carbocycles. The lowest BCUT2D eigenvalue weighted by molar-refractivity contribution is 0.890. The minimum absolute atomic E-state index is 0.463. The van der Waals surface area contributed by atoms with Crippen LogP contribution in [0.3, 0.4) is 0 Å². The summed E-state index contributed by atoms with van der Waals surface area (Å²) in [7, 11) is 0. The number of fused-ring (bicyclic) bond motifs is 1. The van der Waals surface area contributed by atoms with Gasteiger partial charge in [0.25, 0.3) is 0 Å². The van der Waals surface area contributed by atoms with Crippen molar-refractivity contribution in [3.63, 3.8) is 0 Å². The third-order valence-electron chi connectivity index (χ3n) is 4.17. The van der Waals surface area contributed by atoms with Gasteiger partial charge in [-0.15, -0.1) is 0 Å². The standard InChI is InChI=1S/C18H17N5/c1-13-7-5-6-10-16(13)23-12-22(14-8-3-2-4-9-14)17(19)15-11-20-21-18(15)23/h2-11,19H,12H2,1H3,(H,20,21). The molecule has 0 atom stereocenters. The number of benzene rings is 2. The van der Waals surface area contributed by atoms with Crippen LogP contribution in [0.2, 0.25) is 0 Å². The summed E-state index contributed by atoms with van der Waals surface area (Å²) in [5.41, 5.74) is 4.12. The number of aromatic amines is 1. The first kappa shape index (κ1) is 13.6. The molecule has 5 nitrogen and oxygen atoms in total. The molecule has 114 valence electrons. The molecule has 1 aromatic heterocycles. The van der Waals surface area contributed by atoms with Gasteiger partial charge in [-0.25, -0.2) is 0 Å². The predicted octanol–water partition coefficient (Wildman–Crippen LogP) is 3.66. The Morgan fingerprint density at radius 3 is 2.52 bits per heavy atom. The molecule has 2 aromatic carbocycles. The van der Waals surface area contributed by atoms with E-state index in [1.807, 2.05) is 47.4 Å². The maximum atomic E-state index is 8.53. The van der Waals surface area contributed by atoms with Crippen LogP contribution in [0.25, 0.3) is 0 Å². The number of aryl methyl sites for hydroxylation is 1. The number of aromatic nitrogens is 2. The van der Waals surface area contributed by atoms with Crippen molar-refractivity contribution in [2.75, 3.05) is 16.5 Å². The third kappa shape index (κ3) is 2.17. The molecule has 2 heterocycles. The van der Waals surface area contributed by atoms with Gasteiger partial charge in [0, 0.05) is 11.4 Å². The lowest BCUT2D eigenvalue weighted by Crippen LogP contribution is -2.45. The van der Waals surface area contributed by atoms with E-state index in [1.54, 1.807) is 6.20 Å². The maximum Gasteiger partial charge on any atom is 0.141 e. The number of hydrogen-bond donors (Lipinski definition) is 2. The number of anilines is 3. The molecule has 5 heteroatoms. The Balaban J connectivity index is 1.84. The summed E-state index contributed by atoms with van der Waals surface area (Å²) in [6.45, 7) is 2.67. The Morgan fingerprint density at radius 1 is 1.00 bits per heavy atom. The fourth-order valence-corrected chi connectivity index (χ4v) is 2.97. The van der Waals surface area contributed by atoms with Crippen LogP contribution >= 0.6 is 0 Å². The van der Waals surface area contributed by atoms with Gasteiger partial charge in [-0.2, -0.15) is 5.10 Å². The van der Waals surface area contributed by atoms with E-state index < -0.39 is 0 Å². The summed E-state index contributed by atoms with van der Waals surface area (Å²) in [6, 6.07) is 18.3. The van der Waals surface area contributed by atoms with Gasteiger partial charge in [0.2, 0.25) is 0 Å². The molecule has 0 saturated heterocycles. The summed E-state index contributed by atoms with van der Waals surface area (Å²) in [5, 5.41) is 15.7. The molecule has 0 amide bonds. The molecule has 1 aliphatic heterocycles. The van der Waals surface area contributed by atoms with E-state index in [9.17, 15) is 0 Å². The summed E-state index contributed by atoms with van der Waals surface area (Å²) in [4.78, 5) is 4.16. The number of nitrogens with zero attached hydrogens (tertiary/aromatic N) is 3. The third-order valence-corrected chi connectivity index (χ3v) is 4.17. The second kappa shape index (κ2) is 5.28. The minimum Gasteiger partial charge on any atom is -0.308 e. The number of hydrogen-bond acceptors (Lipinski definition) is 3. The van der Waals surface area contributed by atoms with Crippen molar-refractivity contribution in [1.82, 2.24) is 10.2 Å². The second-order valence-corrected chi connectivity index (χ2v) is 5.60. The fourth-order valence-electron chi connectivity index (χ4n) is 2.97. The quantitative estimate of drug-likeness (QED) is 0.759. The van der Waals surface area contributed by atoms with Gasteiger partial charge in [0.1, 0.15) is 18.3 Å².